The number of aryl methyl sites for hydroxylation is 1. The third kappa shape index (κ3) is 4.41. The van der Waals surface area contributed by atoms with Gasteiger partial charge in [0, 0.05) is 29.2 Å². The molecular formula is C15H19BrN4S. The summed E-state index contributed by atoms with van der Waals surface area (Å²) in [6, 6.07) is 3.98. The Balaban J connectivity index is 2.33. The van der Waals surface area contributed by atoms with Gasteiger partial charge in [-0.3, -0.25) is 0 Å². The number of hydrogen-bond donors (Lipinski definition) is 1. The topological polar surface area (TPSA) is 50.7 Å². The molecule has 0 fully saturated rings. The van der Waals surface area contributed by atoms with Crippen molar-refractivity contribution in [2.45, 2.75) is 43.7 Å². The number of nitrogens with zero attached hydrogens (tertiary/aromatic N) is 3. The Kier molecular flexibility index (Phi) is 5.99. The van der Waals surface area contributed by atoms with Crippen LogP contribution in [0.4, 0.5) is 5.82 Å². The first kappa shape index (κ1) is 16.2. The lowest BCUT2D eigenvalue weighted by Crippen LogP contribution is -2.07. The maximum atomic E-state index is 4.68. The Morgan fingerprint density at radius 3 is 2.67 bits per heavy atom. The van der Waals surface area contributed by atoms with Crippen LogP contribution in [0.15, 0.2) is 32.9 Å². The summed E-state index contributed by atoms with van der Waals surface area (Å²) < 4.78 is 0.978. The molecule has 21 heavy (non-hydrogen) atoms. The van der Waals surface area contributed by atoms with Gasteiger partial charge in [0.15, 0.2) is 0 Å². The molecule has 0 saturated heterocycles. The summed E-state index contributed by atoms with van der Waals surface area (Å²) in [5.41, 5.74) is 1.08. The standard InChI is InChI=1S/C15H19BrN4S/c1-4-6-12-19-14(17-5-2)10(3)15(20-12)21-13-8-7-11(16)9-18-13/h7-9H,4-6H2,1-3H3,(H,17,19,20). The molecule has 2 aromatic heterocycles. The monoisotopic (exact) mass is 366 g/mol. The third-order valence-electron chi connectivity index (χ3n) is 2.87. The zero-order chi connectivity index (χ0) is 15.2. The highest BCUT2D eigenvalue weighted by Gasteiger charge is 2.12. The molecule has 1 N–H and O–H groups in total. The number of rotatable bonds is 6. The average molecular weight is 367 g/mol. The van der Waals surface area contributed by atoms with Gasteiger partial charge in [-0.05, 0) is 60.1 Å². The van der Waals surface area contributed by atoms with Crippen LogP contribution in [-0.2, 0) is 6.42 Å². The molecule has 0 radical (unpaired) electrons. The molecule has 112 valence electrons. The van der Waals surface area contributed by atoms with Crippen LogP contribution in [0.5, 0.6) is 0 Å². The number of halogens is 1. The van der Waals surface area contributed by atoms with Gasteiger partial charge in [-0.2, -0.15) is 0 Å². The molecule has 4 nitrogen and oxygen atoms in total. The van der Waals surface area contributed by atoms with Crippen LogP contribution in [-0.4, -0.2) is 21.5 Å². The van der Waals surface area contributed by atoms with Gasteiger partial charge in [-0.25, -0.2) is 15.0 Å². The summed E-state index contributed by atoms with van der Waals surface area (Å²) in [6.45, 7) is 7.11. The summed E-state index contributed by atoms with van der Waals surface area (Å²) in [4.78, 5) is 13.7. The van der Waals surface area contributed by atoms with Crippen LogP contribution in [0, 0.1) is 6.92 Å². The van der Waals surface area contributed by atoms with E-state index < -0.39 is 0 Å². The lowest BCUT2D eigenvalue weighted by Gasteiger charge is -2.12. The Morgan fingerprint density at radius 2 is 2.05 bits per heavy atom. The highest BCUT2D eigenvalue weighted by atomic mass is 79.9. The fraction of sp³-hybridized carbons (Fsp3) is 0.400. The Morgan fingerprint density at radius 1 is 1.24 bits per heavy atom. The van der Waals surface area contributed by atoms with E-state index in [0.717, 1.165) is 51.1 Å². The molecule has 0 bridgehead atoms. The highest BCUT2D eigenvalue weighted by Crippen LogP contribution is 2.30. The summed E-state index contributed by atoms with van der Waals surface area (Å²) in [6.07, 6.45) is 3.73. The number of anilines is 1. The summed E-state index contributed by atoms with van der Waals surface area (Å²) in [7, 11) is 0. The van der Waals surface area contributed by atoms with Gasteiger partial charge in [-0.1, -0.05) is 6.92 Å². The van der Waals surface area contributed by atoms with Crippen LogP contribution < -0.4 is 5.32 Å². The first-order valence-corrected chi connectivity index (χ1v) is 8.65. The van der Waals surface area contributed by atoms with Gasteiger partial charge in [0.25, 0.3) is 0 Å². The Labute approximate surface area is 138 Å². The number of aromatic nitrogens is 3. The van der Waals surface area contributed by atoms with Crippen molar-refractivity contribution in [2.75, 3.05) is 11.9 Å². The van der Waals surface area contributed by atoms with E-state index in [1.807, 2.05) is 12.1 Å². The predicted molar refractivity (Wildman–Crippen MR) is 91.0 cm³/mol. The second kappa shape index (κ2) is 7.75. The largest absolute Gasteiger partial charge is 0.370 e. The zero-order valence-corrected chi connectivity index (χ0v) is 14.9. The second-order valence-corrected chi connectivity index (χ2v) is 6.54. The number of pyridine rings is 1. The van der Waals surface area contributed by atoms with Gasteiger partial charge >= 0.3 is 0 Å². The third-order valence-corrected chi connectivity index (χ3v) is 4.38. The molecule has 0 saturated carbocycles. The number of hydrogen-bond acceptors (Lipinski definition) is 5. The van der Waals surface area contributed by atoms with Crippen molar-refractivity contribution in [2.24, 2.45) is 0 Å². The highest BCUT2D eigenvalue weighted by molar-refractivity contribution is 9.10. The van der Waals surface area contributed by atoms with Crippen molar-refractivity contribution < 1.29 is 0 Å². The summed E-state index contributed by atoms with van der Waals surface area (Å²) >= 11 is 4.98. The molecule has 6 heteroatoms. The molecule has 0 aliphatic carbocycles. The summed E-state index contributed by atoms with van der Waals surface area (Å²) in [5, 5.41) is 5.22. The van der Waals surface area contributed by atoms with Gasteiger partial charge in [-0.15, -0.1) is 0 Å². The van der Waals surface area contributed by atoms with E-state index in [1.165, 1.54) is 0 Å². The Hall–Kier alpha value is -1.14. The van der Waals surface area contributed by atoms with Crippen LogP contribution in [0.1, 0.15) is 31.7 Å². The van der Waals surface area contributed by atoms with E-state index in [4.69, 9.17) is 0 Å². The quantitative estimate of drug-likeness (QED) is 0.763. The fourth-order valence-corrected chi connectivity index (χ4v) is 2.91. The molecular weight excluding hydrogens is 348 g/mol. The van der Waals surface area contributed by atoms with E-state index in [9.17, 15) is 0 Å². The smallest absolute Gasteiger partial charge is 0.133 e. The SMILES string of the molecule is CCCc1nc(NCC)c(C)c(Sc2ccc(Br)cn2)n1. The van der Waals surface area contributed by atoms with Gasteiger partial charge in [0.05, 0.1) is 0 Å². The van der Waals surface area contributed by atoms with Crippen LogP contribution in [0.2, 0.25) is 0 Å². The molecule has 2 heterocycles. The van der Waals surface area contributed by atoms with Gasteiger partial charge in [0.2, 0.25) is 0 Å². The first-order chi connectivity index (χ1) is 10.1. The predicted octanol–water partition coefficient (Wildman–Crippen LogP) is 4.48. The van der Waals surface area contributed by atoms with E-state index >= 15 is 0 Å². The van der Waals surface area contributed by atoms with Crippen molar-refractivity contribution in [3.63, 3.8) is 0 Å². The molecule has 0 aliphatic heterocycles. The van der Waals surface area contributed by atoms with Crippen LogP contribution >= 0.6 is 27.7 Å². The Bertz CT molecular complexity index is 601. The minimum Gasteiger partial charge on any atom is -0.370 e. The van der Waals surface area contributed by atoms with E-state index in [1.54, 1.807) is 18.0 Å². The molecule has 0 unspecified atom stereocenters. The minimum absolute atomic E-state index is 0.851. The van der Waals surface area contributed by atoms with Gasteiger partial charge in [0.1, 0.15) is 21.7 Å². The van der Waals surface area contributed by atoms with Crippen molar-refractivity contribution >= 4 is 33.5 Å². The van der Waals surface area contributed by atoms with Crippen molar-refractivity contribution in [1.29, 1.82) is 0 Å². The minimum atomic E-state index is 0.851. The second-order valence-electron chi connectivity index (χ2n) is 4.62. The summed E-state index contributed by atoms with van der Waals surface area (Å²) in [5.74, 6) is 1.81. The molecule has 2 aromatic rings. The molecule has 0 amide bonds. The van der Waals surface area contributed by atoms with E-state index in [0.29, 0.717) is 0 Å². The molecule has 0 spiro atoms. The van der Waals surface area contributed by atoms with Crippen molar-refractivity contribution in [3.8, 4) is 0 Å². The lowest BCUT2D eigenvalue weighted by atomic mass is 10.3. The molecule has 0 aromatic carbocycles. The van der Waals surface area contributed by atoms with Crippen LogP contribution in [0.3, 0.4) is 0 Å². The van der Waals surface area contributed by atoms with Gasteiger partial charge < -0.3 is 5.32 Å². The van der Waals surface area contributed by atoms with Crippen molar-refractivity contribution in [1.82, 2.24) is 15.0 Å². The molecule has 0 atom stereocenters. The average Bonchev–Trinajstić information content (AvgIpc) is 2.47. The maximum absolute atomic E-state index is 4.68. The first-order valence-electron chi connectivity index (χ1n) is 7.04. The molecule has 2 rings (SSSR count). The maximum Gasteiger partial charge on any atom is 0.133 e. The lowest BCUT2D eigenvalue weighted by molar-refractivity contribution is 0.801. The van der Waals surface area contributed by atoms with E-state index in [2.05, 4.69) is 57.0 Å². The molecule has 0 aliphatic rings. The fourth-order valence-electron chi connectivity index (χ4n) is 1.84. The van der Waals surface area contributed by atoms with Crippen molar-refractivity contribution in [3.05, 3.63) is 34.2 Å². The van der Waals surface area contributed by atoms with E-state index in [-0.39, 0.29) is 0 Å². The zero-order valence-electron chi connectivity index (χ0n) is 12.5. The normalized spacial score (nSPS) is 10.7. The van der Waals surface area contributed by atoms with Crippen LogP contribution in [0.25, 0.3) is 0 Å². The number of nitrogens with one attached hydrogen (secondary N) is 1.